The fraction of sp³-hybridized carbons (Fsp3) is 0.417. The molecule has 1 atom stereocenters. The van der Waals surface area contributed by atoms with E-state index in [9.17, 15) is 22.8 Å². The molecule has 2 aliphatic rings. The molecule has 4 rings (SSSR count). The number of methoxy groups -OCH3 is 1. The summed E-state index contributed by atoms with van der Waals surface area (Å²) >= 11 is 0. The number of piperidine rings is 1. The molecule has 0 aliphatic carbocycles. The second-order valence-electron chi connectivity index (χ2n) is 8.92. The van der Waals surface area contributed by atoms with Gasteiger partial charge in [-0.3, -0.25) is 9.59 Å². The number of benzene rings is 1. The van der Waals surface area contributed by atoms with Crippen LogP contribution in [0.15, 0.2) is 36.5 Å². The highest BCUT2D eigenvalue weighted by atomic mass is 19.4. The van der Waals surface area contributed by atoms with E-state index in [-0.39, 0.29) is 18.1 Å². The van der Waals surface area contributed by atoms with Crippen LogP contribution in [0.4, 0.5) is 18.9 Å². The standard InChI is InChI=1S/C24H24F3N5O3/c1-35-20-5-3-16(12-30-20)22(34)31-8-6-23(7-9-31)14-32(13-19(23)21(29)33)17-4-2-15(11-28)18(10-17)24(25,26)27/h2-5,10,12,19H,6-9,13-14H2,1H3,(H2,29,33). The van der Waals surface area contributed by atoms with E-state index < -0.39 is 34.5 Å². The van der Waals surface area contributed by atoms with Gasteiger partial charge in [-0.1, -0.05) is 0 Å². The molecule has 1 aromatic carbocycles. The highest BCUT2D eigenvalue weighted by Gasteiger charge is 2.51. The highest BCUT2D eigenvalue weighted by molar-refractivity contribution is 5.94. The summed E-state index contributed by atoms with van der Waals surface area (Å²) in [7, 11) is 1.48. The number of likely N-dealkylation sites (tertiary alicyclic amines) is 1. The van der Waals surface area contributed by atoms with Crippen molar-refractivity contribution in [1.82, 2.24) is 9.88 Å². The minimum atomic E-state index is -4.68. The zero-order chi connectivity index (χ0) is 25.4. The number of amides is 2. The maximum absolute atomic E-state index is 13.5. The third-order valence-corrected chi connectivity index (χ3v) is 7.02. The molecule has 1 aromatic heterocycles. The van der Waals surface area contributed by atoms with Crippen molar-refractivity contribution in [2.45, 2.75) is 19.0 Å². The number of anilines is 1. The number of nitriles is 1. The monoisotopic (exact) mass is 487 g/mol. The largest absolute Gasteiger partial charge is 0.481 e. The highest BCUT2D eigenvalue weighted by Crippen LogP contribution is 2.47. The first-order valence-corrected chi connectivity index (χ1v) is 11.0. The van der Waals surface area contributed by atoms with Crippen LogP contribution in [0.1, 0.15) is 34.3 Å². The molecule has 3 heterocycles. The number of rotatable bonds is 4. The van der Waals surface area contributed by atoms with Gasteiger partial charge < -0.3 is 20.3 Å². The molecule has 0 radical (unpaired) electrons. The van der Waals surface area contributed by atoms with Gasteiger partial charge in [-0.05, 0) is 37.1 Å². The van der Waals surface area contributed by atoms with Gasteiger partial charge in [0.15, 0.2) is 0 Å². The van der Waals surface area contributed by atoms with Gasteiger partial charge >= 0.3 is 6.18 Å². The van der Waals surface area contributed by atoms with Crippen molar-refractivity contribution in [3.05, 3.63) is 53.2 Å². The van der Waals surface area contributed by atoms with E-state index in [0.717, 1.165) is 12.1 Å². The Kier molecular flexibility index (Phi) is 6.32. The summed E-state index contributed by atoms with van der Waals surface area (Å²) in [5, 5.41) is 9.06. The van der Waals surface area contributed by atoms with Crippen molar-refractivity contribution in [3.63, 3.8) is 0 Å². The molecule has 2 amide bonds. The molecule has 0 saturated carbocycles. The number of aromatic nitrogens is 1. The summed E-state index contributed by atoms with van der Waals surface area (Å²) in [5.41, 5.74) is 4.38. The van der Waals surface area contributed by atoms with E-state index in [2.05, 4.69) is 4.98 Å². The Balaban J connectivity index is 1.53. The van der Waals surface area contributed by atoms with Crippen LogP contribution in [0.2, 0.25) is 0 Å². The molecule has 2 aliphatic heterocycles. The Hall–Kier alpha value is -3.81. The van der Waals surface area contributed by atoms with Crippen LogP contribution in [0.3, 0.4) is 0 Å². The van der Waals surface area contributed by atoms with E-state index in [0.29, 0.717) is 43.9 Å². The number of nitrogens with two attached hydrogens (primary N) is 1. The molecule has 1 unspecified atom stereocenters. The quantitative estimate of drug-likeness (QED) is 0.710. The number of alkyl halides is 3. The lowest BCUT2D eigenvalue weighted by atomic mass is 9.70. The van der Waals surface area contributed by atoms with Gasteiger partial charge in [-0.2, -0.15) is 18.4 Å². The van der Waals surface area contributed by atoms with Crippen molar-refractivity contribution < 1.29 is 27.5 Å². The average molecular weight is 487 g/mol. The molecule has 2 aromatic rings. The summed E-state index contributed by atoms with van der Waals surface area (Å²) in [6.45, 7) is 1.26. The molecule has 184 valence electrons. The van der Waals surface area contributed by atoms with E-state index in [1.165, 1.54) is 19.4 Å². The number of halogens is 3. The number of carbonyl (C=O) groups is 2. The van der Waals surface area contributed by atoms with Crippen LogP contribution in [0, 0.1) is 22.7 Å². The second kappa shape index (κ2) is 9.09. The summed E-state index contributed by atoms with van der Waals surface area (Å²) < 4.78 is 45.4. The van der Waals surface area contributed by atoms with Crippen molar-refractivity contribution in [2.24, 2.45) is 17.1 Å². The molecule has 11 heteroatoms. The van der Waals surface area contributed by atoms with Gasteiger partial charge in [0, 0.05) is 49.5 Å². The Morgan fingerprint density at radius 1 is 1.23 bits per heavy atom. The summed E-state index contributed by atoms with van der Waals surface area (Å²) in [5.74, 6) is -0.892. The number of hydrogen-bond donors (Lipinski definition) is 1. The molecule has 2 N–H and O–H groups in total. The van der Waals surface area contributed by atoms with Gasteiger partial charge in [0.1, 0.15) is 0 Å². The zero-order valence-corrected chi connectivity index (χ0v) is 19.0. The van der Waals surface area contributed by atoms with E-state index in [1.54, 1.807) is 28.0 Å². The topological polar surface area (TPSA) is 113 Å². The Morgan fingerprint density at radius 3 is 2.49 bits per heavy atom. The van der Waals surface area contributed by atoms with Crippen molar-refractivity contribution in [2.75, 3.05) is 38.2 Å². The number of hydrogen-bond acceptors (Lipinski definition) is 6. The van der Waals surface area contributed by atoms with Crippen LogP contribution in [-0.2, 0) is 11.0 Å². The van der Waals surface area contributed by atoms with Gasteiger partial charge in [0.25, 0.3) is 5.91 Å². The van der Waals surface area contributed by atoms with Crippen LogP contribution >= 0.6 is 0 Å². The van der Waals surface area contributed by atoms with Gasteiger partial charge in [0.05, 0.1) is 35.8 Å². The molecule has 8 nitrogen and oxygen atoms in total. The van der Waals surface area contributed by atoms with Crippen molar-refractivity contribution in [3.8, 4) is 11.9 Å². The lowest BCUT2D eigenvalue weighted by molar-refractivity contribution is -0.137. The lowest BCUT2D eigenvalue weighted by Gasteiger charge is -2.41. The number of carbonyl (C=O) groups excluding carboxylic acids is 2. The predicted octanol–water partition coefficient (Wildman–Crippen LogP) is 2.82. The van der Waals surface area contributed by atoms with Crippen LogP contribution < -0.4 is 15.4 Å². The predicted molar refractivity (Wildman–Crippen MR) is 119 cm³/mol. The minimum absolute atomic E-state index is 0.175. The summed E-state index contributed by atoms with van der Waals surface area (Å²) in [6, 6.07) is 8.36. The smallest absolute Gasteiger partial charge is 0.417 e. The molecule has 2 fully saturated rings. The molecule has 1 spiro atoms. The zero-order valence-electron chi connectivity index (χ0n) is 19.0. The fourth-order valence-corrected chi connectivity index (χ4v) is 5.09. The number of nitrogens with zero attached hydrogens (tertiary/aromatic N) is 4. The van der Waals surface area contributed by atoms with Crippen LogP contribution in [0.25, 0.3) is 0 Å². The molecular weight excluding hydrogens is 463 g/mol. The minimum Gasteiger partial charge on any atom is -0.481 e. The molecular formula is C24H24F3N5O3. The average Bonchev–Trinajstić information content (AvgIpc) is 3.22. The van der Waals surface area contributed by atoms with Crippen molar-refractivity contribution in [1.29, 1.82) is 5.26 Å². The number of pyridine rings is 1. The third kappa shape index (κ3) is 4.60. The lowest BCUT2D eigenvalue weighted by Crippen LogP contribution is -2.49. The van der Waals surface area contributed by atoms with E-state index >= 15 is 0 Å². The summed E-state index contributed by atoms with van der Waals surface area (Å²) in [4.78, 5) is 32.7. The molecule has 2 saturated heterocycles. The first kappa shape index (κ1) is 24.3. The molecule has 35 heavy (non-hydrogen) atoms. The normalized spacial score (nSPS) is 19.5. The van der Waals surface area contributed by atoms with Crippen LogP contribution in [-0.4, -0.2) is 55.0 Å². The van der Waals surface area contributed by atoms with Crippen molar-refractivity contribution >= 4 is 17.5 Å². The van der Waals surface area contributed by atoms with Gasteiger partial charge in [-0.25, -0.2) is 4.98 Å². The van der Waals surface area contributed by atoms with Crippen LogP contribution in [0.5, 0.6) is 5.88 Å². The first-order chi connectivity index (χ1) is 16.6. The van der Waals surface area contributed by atoms with Gasteiger partial charge in [0.2, 0.25) is 11.8 Å². The van der Waals surface area contributed by atoms with E-state index in [1.807, 2.05) is 0 Å². The maximum atomic E-state index is 13.5. The fourth-order valence-electron chi connectivity index (χ4n) is 5.09. The van der Waals surface area contributed by atoms with E-state index in [4.69, 9.17) is 15.7 Å². The third-order valence-electron chi connectivity index (χ3n) is 7.02. The van der Waals surface area contributed by atoms with Gasteiger partial charge in [-0.15, -0.1) is 0 Å². The molecule has 0 bridgehead atoms. The Bertz CT molecular complexity index is 1170. The first-order valence-electron chi connectivity index (χ1n) is 11.0. The SMILES string of the molecule is COc1ccc(C(=O)N2CCC3(CC2)CN(c2ccc(C#N)c(C(F)(F)F)c2)CC3C(N)=O)cn1. The Labute approximate surface area is 200 Å². The summed E-state index contributed by atoms with van der Waals surface area (Å²) in [6.07, 6.45) is -2.27. The Morgan fingerprint density at radius 2 is 1.94 bits per heavy atom. The number of primary amides is 1. The number of ether oxygens (including phenoxy) is 1. The maximum Gasteiger partial charge on any atom is 0.417 e. The second-order valence-corrected chi connectivity index (χ2v) is 8.92.